The first-order valence-electron chi connectivity index (χ1n) is 12.0. The number of pyridine rings is 1. The van der Waals surface area contributed by atoms with Gasteiger partial charge in [0.2, 0.25) is 6.79 Å². The number of aromatic amines is 1. The molecule has 1 aromatic heterocycles. The fourth-order valence-electron chi connectivity index (χ4n) is 4.41. The van der Waals surface area contributed by atoms with Crippen LogP contribution in [0.4, 0.5) is 0 Å². The number of hydrogen-bond donors (Lipinski definition) is 2. The highest BCUT2D eigenvalue weighted by Gasteiger charge is 2.19. The third kappa shape index (κ3) is 5.06. The van der Waals surface area contributed by atoms with Crippen LogP contribution in [0.15, 0.2) is 71.5 Å². The normalized spacial score (nSPS) is 13.0. The summed E-state index contributed by atoms with van der Waals surface area (Å²) in [5.41, 5.74) is 5.87. The van der Waals surface area contributed by atoms with Crippen LogP contribution in [0.25, 0.3) is 10.9 Å². The molecule has 3 aromatic carbocycles. The average Bonchev–Trinajstić information content (AvgIpc) is 3.34. The van der Waals surface area contributed by atoms with Gasteiger partial charge in [0.1, 0.15) is 0 Å². The lowest BCUT2D eigenvalue weighted by molar-refractivity contribution is 0.174. The van der Waals surface area contributed by atoms with Crippen molar-refractivity contribution in [3.63, 3.8) is 0 Å². The number of nitrogens with zero attached hydrogens (tertiary/aromatic N) is 1. The lowest BCUT2D eigenvalue weighted by atomic mass is 10.0. The second-order valence-corrected chi connectivity index (χ2v) is 9.66. The quantitative estimate of drug-likeness (QED) is 0.341. The molecule has 1 aliphatic heterocycles. The predicted molar refractivity (Wildman–Crippen MR) is 146 cm³/mol. The predicted octanol–water partition coefficient (Wildman–Crippen LogP) is 5.51. The van der Waals surface area contributed by atoms with Crippen molar-refractivity contribution in [3.05, 3.63) is 105 Å². The smallest absolute Gasteiger partial charge is 0.253 e. The Hall–Kier alpha value is -3.84. The zero-order chi connectivity index (χ0) is 25.2. The van der Waals surface area contributed by atoms with Crippen LogP contribution < -0.4 is 20.3 Å². The molecule has 0 radical (unpaired) electrons. The Bertz CT molecular complexity index is 1480. The van der Waals surface area contributed by atoms with Crippen molar-refractivity contribution in [1.29, 1.82) is 0 Å². The number of thiocarbonyl (C=S) groups is 1. The highest BCUT2D eigenvalue weighted by atomic mass is 32.1. The molecule has 0 amide bonds. The van der Waals surface area contributed by atoms with E-state index in [0.717, 1.165) is 39.1 Å². The SMILES string of the molecule is Cc1cc2cc(CN(Cc3ccc4c(c3)OCO4)C(=S)N[C@@H](C)c3ccccc3)c(=O)[nH]c2cc1C. The van der Waals surface area contributed by atoms with Gasteiger partial charge in [-0.15, -0.1) is 0 Å². The molecule has 7 heteroatoms. The van der Waals surface area contributed by atoms with Crippen LogP contribution in [0, 0.1) is 13.8 Å². The first kappa shape index (κ1) is 23.9. The molecule has 2 heterocycles. The maximum atomic E-state index is 13.1. The van der Waals surface area contributed by atoms with Crippen LogP contribution in [-0.2, 0) is 13.1 Å². The fourth-order valence-corrected chi connectivity index (χ4v) is 4.71. The van der Waals surface area contributed by atoms with Crippen molar-refractivity contribution >= 4 is 28.2 Å². The summed E-state index contributed by atoms with van der Waals surface area (Å²) in [5, 5.41) is 5.03. The van der Waals surface area contributed by atoms with Gasteiger partial charge in [-0.2, -0.15) is 0 Å². The summed E-state index contributed by atoms with van der Waals surface area (Å²) in [6.45, 7) is 7.30. The Morgan fingerprint density at radius 2 is 1.75 bits per heavy atom. The second-order valence-electron chi connectivity index (χ2n) is 9.27. The van der Waals surface area contributed by atoms with Crippen molar-refractivity contribution in [2.45, 2.75) is 39.9 Å². The van der Waals surface area contributed by atoms with Crippen molar-refractivity contribution in [2.24, 2.45) is 0 Å². The summed E-state index contributed by atoms with van der Waals surface area (Å²) >= 11 is 5.87. The van der Waals surface area contributed by atoms with Crippen molar-refractivity contribution in [2.75, 3.05) is 6.79 Å². The molecule has 1 atom stereocenters. The van der Waals surface area contributed by atoms with Gasteiger partial charge in [0.15, 0.2) is 16.6 Å². The maximum absolute atomic E-state index is 13.1. The highest BCUT2D eigenvalue weighted by Crippen LogP contribution is 2.33. The number of fused-ring (bicyclic) bond motifs is 2. The van der Waals surface area contributed by atoms with Gasteiger partial charge < -0.3 is 24.7 Å². The summed E-state index contributed by atoms with van der Waals surface area (Å²) in [6.07, 6.45) is 0. The number of ether oxygens (including phenoxy) is 2. The van der Waals surface area contributed by atoms with E-state index in [1.807, 2.05) is 60.4 Å². The number of aromatic nitrogens is 1. The standard InChI is InChI=1S/C29H29N3O3S/c1-18-11-23-14-24(28(33)31-25(23)12-19(18)2)16-32(15-21-9-10-26-27(13-21)35-17-34-26)29(36)30-20(3)22-7-5-4-6-8-22/h4-14,20H,15-17H2,1-3H3,(H,30,36)(H,31,33)/t20-/m0/s1. The Balaban J connectivity index is 1.45. The average molecular weight is 500 g/mol. The molecule has 4 aromatic rings. The van der Waals surface area contributed by atoms with Crippen LogP contribution in [0.3, 0.4) is 0 Å². The minimum atomic E-state index is -0.111. The first-order valence-corrected chi connectivity index (χ1v) is 12.4. The van der Waals surface area contributed by atoms with Gasteiger partial charge in [0.05, 0.1) is 12.6 Å². The zero-order valence-electron chi connectivity index (χ0n) is 20.6. The van der Waals surface area contributed by atoms with E-state index in [2.05, 4.69) is 42.3 Å². The van der Waals surface area contributed by atoms with E-state index in [-0.39, 0.29) is 18.4 Å². The third-order valence-corrected chi connectivity index (χ3v) is 7.01. The third-order valence-electron chi connectivity index (χ3n) is 6.63. The molecule has 184 valence electrons. The molecule has 0 unspecified atom stereocenters. The number of benzene rings is 3. The van der Waals surface area contributed by atoms with E-state index in [1.54, 1.807) is 0 Å². The lowest BCUT2D eigenvalue weighted by Gasteiger charge is -2.28. The topological polar surface area (TPSA) is 66.6 Å². The van der Waals surface area contributed by atoms with Gasteiger partial charge >= 0.3 is 0 Å². The van der Waals surface area contributed by atoms with E-state index < -0.39 is 0 Å². The maximum Gasteiger partial charge on any atom is 0.253 e. The summed E-state index contributed by atoms with van der Waals surface area (Å²) in [5.74, 6) is 1.46. The Kier molecular flexibility index (Phi) is 6.65. The molecular formula is C29H29N3O3S. The lowest BCUT2D eigenvalue weighted by Crippen LogP contribution is -2.41. The molecule has 0 saturated carbocycles. The summed E-state index contributed by atoms with van der Waals surface area (Å²) < 4.78 is 11.0. The molecule has 2 N–H and O–H groups in total. The number of rotatable bonds is 6. The molecule has 0 bridgehead atoms. The van der Waals surface area contributed by atoms with E-state index >= 15 is 0 Å². The number of hydrogen-bond acceptors (Lipinski definition) is 4. The van der Waals surface area contributed by atoms with Crippen molar-refractivity contribution in [3.8, 4) is 11.5 Å². The van der Waals surface area contributed by atoms with Crippen molar-refractivity contribution in [1.82, 2.24) is 15.2 Å². The molecule has 0 spiro atoms. The van der Waals surface area contributed by atoms with E-state index in [0.29, 0.717) is 23.8 Å². The van der Waals surface area contributed by atoms with Gasteiger partial charge in [0, 0.05) is 17.6 Å². The Morgan fingerprint density at radius 3 is 2.56 bits per heavy atom. The van der Waals surface area contributed by atoms with Gasteiger partial charge in [-0.3, -0.25) is 4.79 Å². The van der Waals surface area contributed by atoms with Crippen LogP contribution in [0.1, 0.15) is 40.8 Å². The molecular weight excluding hydrogens is 470 g/mol. The Morgan fingerprint density at radius 1 is 1.00 bits per heavy atom. The monoisotopic (exact) mass is 499 g/mol. The van der Waals surface area contributed by atoms with Gasteiger partial charge in [-0.1, -0.05) is 36.4 Å². The van der Waals surface area contributed by atoms with Gasteiger partial charge in [-0.25, -0.2) is 0 Å². The molecule has 0 aliphatic carbocycles. The molecule has 36 heavy (non-hydrogen) atoms. The Labute approximate surface area is 215 Å². The first-order chi connectivity index (χ1) is 17.4. The number of nitrogens with one attached hydrogen (secondary N) is 2. The van der Waals surface area contributed by atoms with Crippen LogP contribution >= 0.6 is 12.2 Å². The summed E-state index contributed by atoms with van der Waals surface area (Å²) in [7, 11) is 0. The van der Waals surface area contributed by atoms with Gasteiger partial charge in [-0.05, 0) is 91.0 Å². The minimum Gasteiger partial charge on any atom is -0.454 e. The van der Waals surface area contributed by atoms with E-state index in [1.165, 1.54) is 5.56 Å². The van der Waals surface area contributed by atoms with Gasteiger partial charge in [0.25, 0.3) is 5.56 Å². The van der Waals surface area contributed by atoms with Crippen molar-refractivity contribution < 1.29 is 9.47 Å². The van der Waals surface area contributed by atoms with Crippen LogP contribution in [-0.4, -0.2) is 21.8 Å². The number of aryl methyl sites for hydroxylation is 2. The summed E-state index contributed by atoms with van der Waals surface area (Å²) in [4.78, 5) is 18.1. The molecule has 1 aliphatic rings. The minimum absolute atomic E-state index is 0.0125. The number of H-pyrrole nitrogens is 1. The largest absolute Gasteiger partial charge is 0.454 e. The highest BCUT2D eigenvalue weighted by molar-refractivity contribution is 7.80. The molecule has 5 rings (SSSR count). The molecule has 0 fully saturated rings. The zero-order valence-corrected chi connectivity index (χ0v) is 21.4. The van der Waals surface area contributed by atoms with Crippen LogP contribution in [0.2, 0.25) is 0 Å². The second kappa shape index (κ2) is 10.0. The summed E-state index contributed by atoms with van der Waals surface area (Å²) in [6, 6.07) is 22.2. The van der Waals surface area contributed by atoms with Crippen LogP contribution in [0.5, 0.6) is 11.5 Å². The fraction of sp³-hybridized carbons (Fsp3) is 0.241. The van der Waals surface area contributed by atoms with E-state index in [4.69, 9.17) is 21.7 Å². The molecule has 0 saturated heterocycles. The van der Waals surface area contributed by atoms with E-state index in [9.17, 15) is 4.79 Å². The molecule has 6 nitrogen and oxygen atoms in total.